The van der Waals surface area contributed by atoms with Crippen molar-refractivity contribution in [3.63, 3.8) is 0 Å². The zero-order chi connectivity index (χ0) is 19.0. The molecule has 2 aromatic rings. The number of ether oxygens (including phenoxy) is 1. The van der Waals surface area contributed by atoms with E-state index in [4.69, 9.17) is 5.11 Å². The molecule has 2 aromatic carbocycles. The van der Waals surface area contributed by atoms with Gasteiger partial charge in [-0.05, 0) is 24.3 Å². The molecule has 0 bridgehead atoms. The number of esters is 2. The summed E-state index contributed by atoms with van der Waals surface area (Å²) in [5, 5.41) is 9.12. The van der Waals surface area contributed by atoms with Crippen molar-refractivity contribution in [2.45, 2.75) is 0 Å². The molecule has 1 aliphatic rings. The zero-order valence-electron chi connectivity index (χ0n) is 12.7. The van der Waals surface area contributed by atoms with Crippen molar-refractivity contribution >= 4 is 42.6 Å². The zero-order valence-corrected chi connectivity index (χ0v) is 13.6. The molecule has 0 atom stereocenters. The minimum Gasteiger partial charge on any atom is -0.478 e. The standard InChI is InChI=1S/C17H8O8S/c18-13(8-2-4-10-12(6-8)16(22)24-15(10)21)7-1-3-9(14(19)20)11(5-7)17(23)25-26/h1-6,26H,(H,19,20). The average molecular weight is 372 g/mol. The van der Waals surface area contributed by atoms with Gasteiger partial charge in [0.15, 0.2) is 5.78 Å². The third-order valence-corrected chi connectivity index (χ3v) is 3.89. The topological polar surface area (TPSA) is 124 Å². The van der Waals surface area contributed by atoms with E-state index in [1.165, 1.54) is 24.3 Å². The fourth-order valence-electron chi connectivity index (χ4n) is 2.48. The molecule has 0 amide bonds. The fraction of sp³-hybridized carbons (Fsp3) is 0. The van der Waals surface area contributed by atoms with Crippen LogP contribution in [-0.4, -0.2) is 34.8 Å². The number of benzene rings is 2. The number of rotatable bonds is 4. The molecule has 8 nitrogen and oxygen atoms in total. The Bertz CT molecular complexity index is 1010. The lowest BCUT2D eigenvalue weighted by Gasteiger charge is -2.07. The van der Waals surface area contributed by atoms with Crippen molar-refractivity contribution in [3.8, 4) is 0 Å². The highest BCUT2D eigenvalue weighted by Gasteiger charge is 2.30. The molecule has 1 aliphatic heterocycles. The maximum absolute atomic E-state index is 12.6. The number of carbonyl (C=O) groups excluding carboxylic acids is 4. The van der Waals surface area contributed by atoms with Crippen molar-refractivity contribution in [3.05, 3.63) is 69.8 Å². The van der Waals surface area contributed by atoms with Crippen molar-refractivity contribution in [2.75, 3.05) is 0 Å². The predicted octanol–water partition coefficient (Wildman–Crippen LogP) is 1.93. The summed E-state index contributed by atoms with van der Waals surface area (Å²) in [6.07, 6.45) is 0. The van der Waals surface area contributed by atoms with Gasteiger partial charge in [0.2, 0.25) is 0 Å². The van der Waals surface area contributed by atoms with Gasteiger partial charge in [-0.15, -0.1) is 0 Å². The molecule has 0 saturated heterocycles. The number of carbonyl (C=O) groups is 5. The highest BCUT2D eigenvalue weighted by atomic mass is 32.1. The largest absolute Gasteiger partial charge is 0.478 e. The predicted molar refractivity (Wildman–Crippen MR) is 87.4 cm³/mol. The van der Waals surface area contributed by atoms with Gasteiger partial charge in [0, 0.05) is 24.0 Å². The summed E-state index contributed by atoms with van der Waals surface area (Å²) < 4.78 is 8.69. The quantitative estimate of drug-likeness (QED) is 0.274. The van der Waals surface area contributed by atoms with Gasteiger partial charge in [0.05, 0.1) is 22.3 Å². The monoisotopic (exact) mass is 372 g/mol. The van der Waals surface area contributed by atoms with Crippen LogP contribution in [0.1, 0.15) is 57.4 Å². The minimum absolute atomic E-state index is 0.0126. The van der Waals surface area contributed by atoms with E-state index in [1.54, 1.807) is 0 Å². The first-order valence-electron chi connectivity index (χ1n) is 7.02. The molecule has 0 unspecified atom stereocenters. The Labute approximate surface area is 151 Å². The van der Waals surface area contributed by atoms with E-state index in [-0.39, 0.29) is 33.4 Å². The molecule has 0 aliphatic carbocycles. The maximum Gasteiger partial charge on any atom is 0.350 e. The molecule has 0 fully saturated rings. The molecule has 1 heterocycles. The second-order valence-electron chi connectivity index (χ2n) is 5.21. The van der Waals surface area contributed by atoms with Crippen LogP contribution in [0.4, 0.5) is 0 Å². The second-order valence-corrected chi connectivity index (χ2v) is 5.39. The molecule has 0 saturated carbocycles. The SMILES string of the molecule is O=C(c1ccc(C(=O)O)c(C(=O)OS)c1)c1ccc2c(c1)C(=O)OC2=O. The van der Waals surface area contributed by atoms with Crippen LogP contribution in [0.15, 0.2) is 36.4 Å². The lowest BCUT2D eigenvalue weighted by atomic mass is 9.96. The van der Waals surface area contributed by atoms with Gasteiger partial charge < -0.3 is 14.0 Å². The number of carboxylic acids is 1. The van der Waals surface area contributed by atoms with Gasteiger partial charge in [-0.1, -0.05) is 12.1 Å². The number of thiol groups is 1. The van der Waals surface area contributed by atoms with Gasteiger partial charge in [-0.2, -0.15) is 0 Å². The van der Waals surface area contributed by atoms with Crippen molar-refractivity contribution in [1.82, 2.24) is 0 Å². The first-order chi connectivity index (χ1) is 12.3. The Morgan fingerprint density at radius 2 is 1.50 bits per heavy atom. The lowest BCUT2D eigenvalue weighted by molar-refractivity contribution is 0.0442. The summed E-state index contributed by atoms with van der Waals surface area (Å²) in [5.41, 5.74) is -0.659. The van der Waals surface area contributed by atoms with Gasteiger partial charge >= 0.3 is 23.9 Å². The molecule has 0 spiro atoms. The van der Waals surface area contributed by atoms with Crippen LogP contribution in [-0.2, 0) is 8.92 Å². The lowest BCUT2D eigenvalue weighted by Crippen LogP contribution is -2.11. The van der Waals surface area contributed by atoms with Crippen LogP contribution < -0.4 is 0 Å². The van der Waals surface area contributed by atoms with Crippen molar-refractivity contribution in [2.24, 2.45) is 0 Å². The second kappa shape index (κ2) is 6.45. The number of aromatic carboxylic acids is 1. The summed E-state index contributed by atoms with van der Waals surface area (Å²) in [7, 11) is 0. The Morgan fingerprint density at radius 1 is 0.885 bits per heavy atom. The molecular formula is C17H8O8S. The average Bonchev–Trinajstić information content (AvgIpc) is 2.93. The third-order valence-electron chi connectivity index (χ3n) is 3.72. The van der Waals surface area contributed by atoms with Crippen LogP contribution in [0, 0.1) is 0 Å². The summed E-state index contributed by atoms with van der Waals surface area (Å²) in [6, 6.07) is 7.17. The number of hydrogen-bond donors (Lipinski definition) is 2. The van der Waals surface area contributed by atoms with E-state index < -0.39 is 29.7 Å². The number of ketones is 1. The molecule has 130 valence electrons. The number of carboxylic acid groups (broad SMARTS) is 1. The Hall–Kier alpha value is -3.46. The normalized spacial score (nSPS) is 12.3. The van der Waals surface area contributed by atoms with Crippen molar-refractivity contribution in [1.29, 1.82) is 0 Å². The van der Waals surface area contributed by atoms with Crippen LogP contribution in [0.2, 0.25) is 0 Å². The van der Waals surface area contributed by atoms with Crippen LogP contribution in [0.5, 0.6) is 0 Å². The van der Waals surface area contributed by atoms with Gasteiger partial charge in [-0.3, -0.25) is 4.79 Å². The summed E-state index contributed by atoms with van der Waals surface area (Å²) in [5.74, 6) is -4.67. The Morgan fingerprint density at radius 3 is 2.15 bits per heavy atom. The molecule has 0 radical (unpaired) electrons. The number of cyclic esters (lactones) is 2. The van der Waals surface area contributed by atoms with E-state index in [1.807, 2.05) is 0 Å². The summed E-state index contributed by atoms with van der Waals surface area (Å²) >= 11 is 3.35. The molecular weight excluding hydrogens is 364 g/mol. The first-order valence-corrected chi connectivity index (χ1v) is 7.38. The number of fused-ring (bicyclic) bond motifs is 1. The number of hydrogen-bond acceptors (Lipinski definition) is 8. The fourth-order valence-corrected chi connectivity index (χ4v) is 2.58. The minimum atomic E-state index is -1.38. The van der Waals surface area contributed by atoms with E-state index in [0.29, 0.717) is 0 Å². The van der Waals surface area contributed by atoms with Gasteiger partial charge in [0.1, 0.15) is 0 Å². The summed E-state index contributed by atoms with van der Waals surface area (Å²) in [6.45, 7) is 0. The molecule has 3 rings (SSSR count). The molecule has 9 heteroatoms. The van der Waals surface area contributed by atoms with E-state index in [2.05, 4.69) is 21.8 Å². The molecule has 0 aromatic heterocycles. The Kier molecular flexibility index (Phi) is 4.31. The smallest absolute Gasteiger partial charge is 0.350 e. The van der Waals surface area contributed by atoms with Crippen LogP contribution in [0.25, 0.3) is 0 Å². The highest BCUT2D eigenvalue weighted by molar-refractivity contribution is 7.75. The highest BCUT2D eigenvalue weighted by Crippen LogP contribution is 2.23. The van der Waals surface area contributed by atoms with Gasteiger partial charge in [0.25, 0.3) is 0 Å². The Balaban J connectivity index is 2.05. The van der Waals surface area contributed by atoms with E-state index in [9.17, 15) is 24.0 Å². The van der Waals surface area contributed by atoms with Crippen LogP contribution in [0.3, 0.4) is 0 Å². The van der Waals surface area contributed by atoms with Crippen molar-refractivity contribution < 1.29 is 38.0 Å². The summed E-state index contributed by atoms with van der Waals surface area (Å²) in [4.78, 5) is 58.6. The van der Waals surface area contributed by atoms with E-state index in [0.717, 1.165) is 12.1 Å². The molecule has 26 heavy (non-hydrogen) atoms. The first kappa shape index (κ1) is 17.4. The van der Waals surface area contributed by atoms with Gasteiger partial charge in [-0.25, -0.2) is 19.2 Å². The maximum atomic E-state index is 12.6. The molecule has 1 N–H and O–H groups in total. The van der Waals surface area contributed by atoms with Crippen LogP contribution >= 0.6 is 12.9 Å². The third kappa shape index (κ3) is 2.84. The van der Waals surface area contributed by atoms with E-state index >= 15 is 0 Å².